The van der Waals surface area contributed by atoms with Crippen LogP contribution in [0, 0.1) is 5.82 Å². The molecule has 1 aromatic carbocycles. The van der Waals surface area contributed by atoms with E-state index in [0.29, 0.717) is 12.2 Å². The Balaban J connectivity index is 2.14. The van der Waals surface area contributed by atoms with E-state index in [1.807, 2.05) is 0 Å². The lowest BCUT2D eigenvalue weighted by Crippen LogP contribution is -2.07. The molecule has 0 saturated heterocycles. The molecule has 0 bridgehead atoms. The molecule has 0 unspecified atom stereocenters. The van der Waals surface area contributed by atoms with E-state index in [0.717, 1.165) is 17.8 Å². The number of anilines is 2. The first-order valence-electron chi connectivity index (χ1n) is 5.72. The molecule has 0 aliphatic carbocycles. The third kappa shape index (κ3) is 3.34. The first-order valence-corrected chi connectivity index (χ1v) is 5.72. The number of nitrogens with two attached hydrogens (primary N) is 1. The minimum absolute atomic E-state index is 0.0973. The van der Waals surface area contributed by atoms with Gasteiger partial charge in [-0.05, 0) is 6.07 Å². The first kappa shape index (κ1) is 14.0. The molecule has 0 aliphatic rings. The summed E-state index contributed by atoms with van der Waals surface area (Å²) in [6.07, 6.45) is 1.76. The summed E-state index contributed by atoms with van der Waals surface area (Å²) < 4.78 is 43.3. The second-order valence-corrected chi connectivity index (χ2v) is 4.08. The molecule has 0 spiro atoms. The van der Waals surface area contributed by atoms with E-state index in [1.54, 1.807) is 24.0 Å². The number of nitrogen functional groups attached to an aromatic ring is 1. The van der Waals surface area contributed by atoms with Crippen LogP contribution in [0.1, 0.15) is 5.69 Å². The van der Waals surface area contributed by atoms with Crippen LogP contribution in [0.2, 0.25) is 0 Å². The molecule has 2 aromatic rings. The molecule has 0 amide bonds. The third-order valence-corrected chi connectivity index (χ3v) is 2.55. The van der Waals surface area contributed by atoms with Crippen LogP contribution in [0.4, 0.5) is 24.5 Å². The average Bonchev–Trinajstić information content (AvgIpc) is 2.76. The molecule has 1 aromatic heterocycles. The predicted molar refractivity (Wildman–Crippen MR) is 68.0 cm³/mol. The second kappa shape index (κ2) is 5.72. The SMILES string of the molecule is Cn1ccc(CNc2cc(OC(F)F)c(F)cc2N)n1. The summed E-state index contributed by atoms with van der Waals surface area (Å²) in [6.45, 7) is -2.78. The van der Waals surface area contributed by atoms with Gasteiger partial charge in [0.15, 0.2) is 11.6 Å². The molecule has 5 nitrogen and oxygen atoms in total. The van der Waals surface area contributed by atoms with Gasteiger partial charge in [-0.25, -0.2) is 4.39 Å². The standard InChI is InChI=1S/C12H13F3N4O/c1-19-3-2-7(18-19)6-17-10-5-11(20-12(14)15)8(13)4-9(10)16/h2-5,12,17H,6,16H2,1H3. The summed E-state index contributed by atoms with van der Waals surface area (Å²) >= 11 is 0. The van der Waals surface area contributed by atoms with Crippen LogP contribution in [-0.4, -0.2) is 16.4 Å². The van der Waals surface area contributed by atoms with E-state index in [2.05, 4.69) is 15.2 Å². The topological polar surface area (TPSA) is 65.1 Å². The molecule has 2 rings (SSSR count). The largest absolute Gasteiger partial charge is 0.432 e. The molecular formula is C12H13F3N4O. The molecule has 20 heavy (non-hydrogen) atoms. The highest BCUT2D eigenvalue weighted by molar-refractivity contribution is 5.68. The Morgan fingerprint density at radius 3 is 2.80 bits per heavy atom. The fourth-order valence-corrected chi connectivity index (χ4v) is 1.65. The number of ether oxygens (including phenoxy) is 1. The minimum atomic E-state index is -3.10. The number of rotatable bonds is 5. The molecule has 0 aliphatic heterocycles. The smallest absolute Gasteiger partial charge is 0.387 e. The van der Waals surface area contributed by atoms with Crippen molar-refractivity contribution >= 4 is 11.4 Å². The van der Waals surface area contributed by atoms with Crippen LogP contribution in [0.3, 0.4) is 0 Å². The maximum atomic E-state index is 13.4. The van der Waals surface area contributed by atoms with E-state index in [9.17, 15) is 13.2 Å². The number of aryl methyl sites for hydroxylation is 1. The van der Waals surface area contributed by atoms with Crippen molar-refractivity contribution < 1.29 is 17.9 Å². The van der Waals surface area contributed by atoms with Gasteiger partial charge >= 0.3 is 6.61 Å². The zero-order valence-electron chi connectivity index (χ0n) is 10.6. The normalized spacial score (nSPS) is 10.8. The molecule has 8 heteroatoms. The number of hydrogen-bond acceptors (Lipinski definition) is 4. The monoisotopic (exact) mass is 286 g/mol. The molecule has 0 saturated carbocycles. The zero-order chi connectivity index (χ0) is 14.7. The number of nitrogens with zero attached hydrogens (tertiary/aromatic N) is 2. The summed E-state index contributed by atoms with van der Waals surface area (Å²) in [6, 6.07) is 3.81. The molecule has 3 N–H and O–H groups in total. The van der Waals surface area contributed by atoms with Gasteiger partial charge in [0.05, 0.1) is 23.6 Å². The van der Waals surface area contributed by atoms with Gasteiger partial charge in [-0.15, -0.1) is 0 Å². The molecule has 0 radical (unpaired) electrons. The lowest BCUT2D eigenvalue weighted by Gasteiger charge is -2.12. The predicted octanol–water partition coefficient (Wildman–Crippen LogP) is 2.35. The van der Waals surface area contributed by atoms with Crippen molar-refractivity contribution in [3.05, 3.63) is 35.9 Å². The minimum Gasteiger partial charge on any atom is -0.432 e. The van der Waals surface area contributed by atoms with Crippen LogP contribution < -0.4 is 15.8 Å². The van der Waals surface area contributed by atoms with Gasteiger partial charge in [0.1, 0.15) is 0 Å². The van der Waals surface area contributed by atoms with Crippen molar-refractivity contribution in [1.82, 2.24) is 9.78 Å². The summed E-state index contributed by atoms with van der Waals surface area (Å²) in [7, 11) is 1.77. The van der Waals surface area contributed by atoms with E-state index in [4.69, 9.17) is 5.73 Å². The van der Waals surface area contributed by atoms with Crippen molar-refractivity contribution in [1.29, 1.82) is 0 Å². The van der Waals surface area contributed by atoms with Crippen molar-refractivity contribution in [3.63, 3.8) is 0 Å². The summed E-state index contributed by atoms with van der Waals surface area (Å²) in [5.41, 5.74) is 6.74. The van der Waals surface area contributed by atoms with Crippen LogP contribution in [-0.2, 0) is 13.6 Å². The lowest BCUT2D eigenvalue weighted by atomic mass is 10.2. The molecular weight excluding hydrogens is 273 g/mol. The Labute approximate surface area is 113 Å². The zero-order valence-corrected chi connectivity index (χ0v) is 10.6. The average molecular weight is 286 g/mol. The van der Waals surface area contributed by atoms with Gasteiger partial charge in [-0.1, -0.05) is 0 Å². The Kier molecular flexibility index (Phi) is 4.02. The van der Waals surface area contributed by atoms with Crippen molar-refractivity contribution in [2.75, 3.05) is 11.1 Å². The highest BCUT2D eigenvalue weighted by Crippen LogP contribution is 2.29. The van der Waals surface area contributed by atoms with E-state index < -0.39 is 18.2 Å². The maximum absolute atomic E-state index is 13.4. The quantitative estimate of drug-likeness (QED) is 0.828. The van der Waals surface area contributed by atoms with Gasteiger partial charge in [0, 0.05) is 25.4 Å². The van der Waals surface area contributed by atoms with Crippen molar-refractivity contribution in [2.45, 2.75) is 13.2 Å². The maximum Gasteiger partial charge on any atom is 0.387 e. The van der Waals surface area contributed by atoms with Gasteiger partial charge in [-0.3, -0.25) is 4.68 Å². The van der Waals surface area contributed by atoms with Crippen LogP contribution in [0.25, 0.3) is 0 Å². The van der Waals surface area contributed by atoms with Crippen molar-refractivity contribution in [2.24, 2.45) is 7.05 Å². The molecule has 1 heterocycles. The number of benzene rings is 1. The van der Waals surface area contributed by atoms with Gasteiger partial charge < -0.3 is 15.8 Å². The third-order valence-electron chi connectivity index (χ3n) is 2.55. The molecule has 108 valence electrons. The van der Waals surface area contributed by atoms with Gasteiger partial charge in [0.2, 0.25) is 0 Å². The summed E-state index contributed by atoms with van der Waals surface area (Å²) in [5, 5.41) is 7.02. The van der Waals surface area contributed by atoms with Crippen molar-refractivity contribution in [3.8, 4) is 5.75 Å². The Bertz CT molecular complexity index is 600. The highest BCUT2D eigenvalue weighted by atomic mass is 19.3. The number of hydrogen-bond donors (Lipinski definition) is 2. The number of alkyl halides is 2. The fraction of sp³-hybridized carbons (Fsp3) is 0.250. The van der Waals surface area contributed by atoms with Crippen LogP contribution in [0.5, 0.6) is 5.75 Å². The van der Waals surface area contributed by atoms with Crippen LogP contribution in [0.15, 0.2) is 24.4 Å². The first-order chi connectivity index (χ1) is 9.45. The number of halogens is 3. The number of aromatic nitrogens is 2. The van der Waals surface area contributed by atoms with Gasteiger partial charge in [0.25, 0.3) is 0 Å². The Morgan fingerprint density at radius 1 is 1.45 bits per heavy atom. The molecule has 0 fully saturated rings. The Morgan fingerprint density at radius 2 is 2.20 bits per heavy atom. The lowest BCUT2D eigenvalue weighted by molar-refractivity contribution is -0.0521. The fourth-order valence-electron chi connectivity index (χ4n) is 1.65. The number of nitrogens with one attached hydrogen (secondary N) is 1. The molecule has 0 atom stereocenters. The Hall–Kier alpha value is -2.38. The van der Waals surface area contributed by atoms with Gasteiger partial charge in [-0.2, -0.15) is 13.9 Å². The highest BCUT2D eigenvalue weighted by Gasteiger charge is 2.13. The second-order valence-electron chi connectivity index (χ2n) is 4.08. The summed E-state index contributed by atoms with van der Waals surface area (Å²) in [5.74, 6) is -1.50. The van der Waals surface area contributed by atoms with Crippen LogP contribution >= 0.6 is 0 Å². The van der Waals surface area contributed by atoms with E-state index in [1.165, 1.54) is 0 Å². The van der Waals surface area contributed by atoms with E-state index in [-0.39, 0.29) is 5.69 Å². The van der Waals surface area contributed by atoms with E-state index >= 15 is 0 Å². The summed E-state index contributed by atoms with van der Waals surface area (Å²) in [4.78, 5) is 0.